The summed E-state index contributed by atoms with van der Waals surface area (Å²) in [5.74, 6) is -2.51. The molecule has 0 saturated heterocycles. The van der Waals surface area contributed by atoms with E-state index in [2.05, 4.69) is 23.2 Å². The number of fused-ring (bicyclic) bond motifs is 2. The number of para-hydroxylation sites is 1. The molecule has 6 nitrogen and oxygen atoms in total. The van der Waals surface area contributed by atoms with Gasteiger partial charge in [0.25, 0.3) is 0 Å². The van der Waals surface area contributed by atoms with Crippen molar-refractivity contribution in [3.8, 4) is 0 Å². The van der Waals surface area contributed by atoms with E-state index in [-0.39, 0.29) is 16.7 Å². The summed E-state index contributed by atoms with van der Waals surface area (Å²) in [4.78, 5) is 23.6. The Morgan fingerprint density at radius 1 is 1.00 bits per heavy atom. The molecule has 3 N–H and O–H groups in total. The molecule has 0 spiro atoms. The third-order valence-electron chi connectivity index (χ3n) is 4.64. The van der Waals surface area contributed by atoms with Gasteiger partial charge in [-0.15, -0.1) is 0 Å². The van der Waals surface area contributed by atoms with Gasteiger partial charge in [-0.3, -0.25) is 0 Å². The molecule has 35 heavy (non-hydrogen) atoms. The summed E-state index contributed by atoms with van der Waals surface area (Å²) in [6.45, 7) is 4.84. The Balaban J connectivity index is 0.000000466. The van der Waals surface area contributed by atoms with E-state index in [0.29, 0.717) is 12.2 Å². The molecule has 1 aliphatic heterocycles. The number of carboxylic acid groups (broad SMARTS) is 2. The number of carboxylic acids is 2. The van der Waals surface area contributed by atoms with Crippen molar-refractivity contribution >= 4 is 46.8 Å². The van der Waals surface area contributed by atoms with Gasteiger partial charge in [0.15, 0.2) is 0 Å². The van der Waals surface area contributed by atoms with Gasteiger partial charge in [-0.05, 0) is 68.0 Å². The molecule has 0 bridgehead atoms. The molecule has 0 saturated carbocycles. The third-order valence-corrected chi connectivity index (χ3v) is 6.49. The highest BCUT2D eigenvalue weighted by molar-refractivity contribution is 8.00. The van der Waals surface area contributed by atoms with Crippen LogP contribution in [-0.2, 0) is 9.59 Å². The number of thioether (sulfide) groups is 1. The van der Waals surface area contributed by atoms with Crippen LogP contribution in [0.1, 0.15) is 26.2 Å². The number of hydrogen-bond donors (Lipinski definition) is 3. The van der Waals surface area contributed by atoms with Crippen LogP contribution in [0.4, 0.5) is 24.5 Å². The summed E-state index contributed by atoms with van der Waals surface area (Å²) >= 11 is 1.56. The second kappa shape index (κ2) is 14.1. The van der Waals surface area contributed by atoms with Crippen LogP contribution in [0, 0.1) is 0 Å². The van der Waals surface area contributed by atoms with Gasteiger partial charge in [-0.25, -0.2) is 9.59 Å². The average Bonchev–Trinajstić information content (AvgIpc) is 2.79. The first-order valence-corrected chi connectivity index (χ1v) is 12.5. The summed E-state index contributed by atoms with van der Waals surface area (Å²) in [5, 5.41) is 19.1. The van der Waals surface area contributed by atoms with Crippen molar-refractivity contribution in [1.29, 1.82) is 0 Å². The van der Waals surface area contributed by atoms with Crippen molar-refractivity contribution in [3.63, 3.8) is 0 Å². The van der Waals surface area contributed by atoms with Crippen molar-refractivity contribution < 1.29 is 33.0 Å². The minimum Gasteiger partial charge on any atom is -0.478 e. The molecular formula is C24H27F3N2O4S2. The van der Waals surface area contributed by atoms with Crippen LogP contribution < -0.4 is 10.2 Å². The Morgan fingerprint density at radius 3 is 2.26 bits per heavy atom. The molecule has 0 radical (unpaired) electrons. The maximum Gasteiger partial charge on any atom is 0.446 e. The fourth-order valence-electron chi connectivity index (χ4n) is 3.18. The number of unbranched alkanes of at least 4 members (excludes halogenated alkanes) is 1. The lowest BCUT2D eigenvalue weighted by Crippen LogP contribution is -2.26. The molecule has 1 heterocycles. The Hall–Kier alpha value is -2.63. The smallest absolute Gasteiger partial charge is 0.446 e. The minimum absolute atomic E-state index is 0.0539. The zero-order valence-electron chi connectivity index (χ0n) is 19.0. The van der Waals surface area contributed by atoms with Crippen LogP contribution >= 0.6 is 23.5 Å². The van der Waals surface area contributed by atoms with Crippen molar-refractivity contribution in [2.45, 2.75) is 46.4 Å². The minimum atomic E-state index is -4.28. The van der Waals surface area contributed by atoms with Crippen LogP contribution in [0.15, 0.2) is 69.3 Å². The van der Waals surface area contributed by atoms with Gasteiger partial charge in [0, 0.05) is 33.4 Å². The van der Waals surface area contributed by atoms with E-state index in [1.165, 1.54) is 0 Å². The number of rotatable bonds is 10. The molecule has 0 aliphatic carbocycles. The molecule has 0 amide bonds. The van der Waals surface area contributed by atoms with Gasteiger partial charge in [-0.1, -0.05) is 37.2 Å². The quantitative estimate of drug-likeness (QED) is 0.186. The largest absolute Gasteiger partial charge is 0.478 e. The predicted octanol–water partition coefficient (Wildman–Crippen LogP) is 6.39. The first kappa shape index (κ1) is 28.6. The van der Waals surface area contributed by atoms with Gasteiger partial charge in [-0.2, -0.15) is 13.2 Å². The number of aliphatic carboxylic acids is 2. The number of carbonyl (C=O) groups is 2. The molecule has 190 valence electrons. The van der Waals surface area contributed by atoms with E-state index in [1.54, 1.807) is 30.0 Å². The van der Waals surface area contributed by atoms with Gasteiger partial charge >= 0.3 is 17.4 Å². The van der Waals surface area contributed by atoms with Crippen LogP contribution in [0.25, 0.3) is 0 Å². The van der Waals surface area contributed by atoms with Gasteiger partial charge in [0.1, 0.15) is 0 Å². The second-order valence-corrected chi connectivity index (χ2v) is 9.59. The predicted molar refractivity (Wildman–Crippen MR) is 133 cm³/mol. The normalized spacial score (nSPS) is 12.5. The second-order valence-electron chi connectivity index (χ2n) is 7.37. The van der Waals surface area contributed by atoms with Crippen LogP contribution in [0.5, 0.6) is 0 Å². The number of alkyl halides is 3. The fraction of sp³-hybridized carbons (Fsp3) is 0.333. The summed E-state index contributed by atoms with van der Waals surface area (Å²) in [6.07, 6.45) is 4.37. The third kappa shape index (κ3) is 10.3. The molecule has 0 unspecified atom stereocenters. The number of benzene rings is 2. The van der Waals surface area contributed by atoms with E-state index >= 15 is 0 Å². The molecule has 2 aromatic rings. The zero-order chi connectivity index (χ0) is 25.8. The Morgan fingerprint density at radius 2 is 1.63 bits per heavy atom. The molecule has 0 aromatic heterocycles. The lowest BCUT2D eigenvalue weighted by Gasteiger charge is -2.33. The van der Waals surface area contributed by atoms with Gasteiger partial charge < -0.3 is 20.4 Å². The molecule has 2 aromatic carbocycles. The number of nitrogens with zero attached hydrogens (tertiary/aromatic N) is 1. The molecule has 0 atom stereocenters. The number of hydrogen-bond acceptors (Lipinski definition) is 6. The van der Waals surface area contributed by atoms with Gasteiger partial charge in [0.05, 0.1) is 11.4 Å². The molecule has 3 rings (SSSR count). The van der Waals surface area contributed by atoms with Gasteiger partial charge in [0.2, 0.25) is 0 Å². The molecular weight excluding hydrogens is 501 g/mol. The first-order valence-electron chi connectivity index (χ1n) is 10.9. The highest BCUT2D eigenvalue weighted by Gasteiger charge is 2.30. The molecule has 0 fully saturated rings. The van der Waals surface area contributed by atoms with Crippen molar-refractivity contribution in [1.82, 2.24) is 5.32 Å². The topological polar surface area (TPSA) is 89.9 Å². The van der Waals surface area contributed by atoms with Crippen LogP contribution in [0.3, 0.4) is 0 Å². The maximum absolute atomic E-state index is 12.8. The SMILES string of the molecule is CCCCNCCCN1c2ccccc2Sc2ccc(SC(F)(F)F)cc21.O=C(O)C=CC(=O)O. The highest BCUT2D eigenvalue weighted by atomic mass is 32.2. The standard InChI is InChI=1S/C20H23F3N2S2.C4H4O4/c1-2-3-11-24-12-6-13-25-16-7-4-5-8-18(16)26-19-10-9-15(14-17(19)25)27-20(21,22)23;5-3(6)1-2-4(7)8/h4-5,7-10,14,24H,2-3,6,11-13H2,1H3;1-2H,(H,5,6)(H,7,8). The maximum atomic E-state index is 12.8. The number of nitrogens with one attached hydrogen (secondary N) is 1. The van der Waals surface area contributed by atoms with Crippen molar-refractivity contribution in [2.24, 2.45) is 0 Å². The van der Waals surface area contributed by atoms with E-state index in [4.69, 9.17) is 10.2 Å². The lowest BCUT2D eigenvalue weighted by molar-refractivity contribution is -0.134. The van der Waals surface area contributed by atoms with Crippen LogP contribution in [-0.4, -0.2) is 47.3 Å². The Bertz CT molecular complexity index is 1020. The number of halogens is 3. The van der Waals surface area contributed by atoms with E-state index < -0.39 is 17.4 Å². The summed E-state index contributed by atoms with van der Waals surface area (Å²) in [5.41, 5.74) is -2.35. The molecule has 1 aliphatic rings. The zero-order valence-corrected chi connectivity index (χ0v) is 20.7. The van der Waals surface area contributed by atoms with E-state index in [0.717, 1.165) is 60.1 Å². The fourth-order valence-corrected chi connectivity index (χ4v) is 4.83. The summed E-state index contributed by atoms with van der Waals surface area (Å²) in [7, 11) is 0. The van der Waals surface area contributed by atoms with E-state index in [1.807, 2.05) is 18.2 Å². The first-order chi connectivity index (χ1) is 16.6. The monoisotopic (exact) mass is 528 g/mol. The Kier molecular flexibility index (Phi) is 11.5. The van der Waals surface area contributed by atoms with E-state index in [9.17, 15) is 22.8 Å². The summed E-state index contributed by atoms with van der Waals surface area (Å²) < 4.78 is 38.4. The lowest BCUT2D eigenvalue weighted by atomic mass is 10.2. The molecule has 11 heteroatoms. The summed E-state index contributed by atoms with van der Waals surface area (Å²) in [6, 6.07) is 13.1. The highest BCUT2D eigenvalue weighted by Crippen LogP contribution is 2.50. The van der Waals surface area contributed by atoms with Crippen molar-refractivity contribution in [3.05, 3.63) is 54.6 Å². The average molecular weight is 529 g/mol. The van der Waals surface area contributed by atoms with Crippen molar-refractivity contribution in [2.75, 3.05) is 24.5 Å². The number of anilines is 2. The Labute approximate surface area is 210 Å². The van der Waals surface area contributed by atoms with Crippen LogP contribution in [0.2, 0.25) is 0 Å².